The predicted molar refractivity (Wildman–Crippen MR) is 50.9 cm³/mol. The third-order valence-corrected chi connectivity index (χ3v) is 3.28. The van der Waals surface area contributed by atoms with Gasteiger partial charge in [-0.25, -0.2) is 0 Å². The van der Waals surface area contributed by atoms with Crippen LogP contribution in [0, 0.1) is 11.8 Å². The molecular formula is C11H18O. The first-order valence-electron chi connectivity index (χ1n) is 4.78. The van der Waals surface area contributed by atoms with Crippen LogP contribution in [0.1, 0.15) is 40.5 Å². The third-order valence-electron chi connectivity index (χ3n) is 3.28. The van der Waals surface area contributed by atoms with Crippen molar-refractivity contribution >= 4 is 5.78 Å². The van der Waals surface area contributed by atoms with Crippen LogP contribution in [-0.4, -0.2) is 5.78 Å². The minimum absolute atomic E-state index is 0.273. The molecule has 68 valence electrons. The zero-order chi connectivity index (χ0) is 9.30. The minimum atomic E-state index is 0.273. The molecule has 0 aromatic heterocycles. The van der Waals surface area contributed by atoms with E-state index in [9.17, 15) is 4.79 Å². The molecule has 2 unspecified atom stereocenters. The lowest BCUT2D eigenvalue weighted by Crippen LogP contribution is -2.04. The number of carbonyl (C=O) groups excluding carboxylic acids is 1. The zero-order valence-corrected chi connectivity index (χ0v) is 8.48. The number of ketones is 1. The number of Topliss-reactive ketones (excluding diaryl/α,β-unsaturated/α-hetero) is 1. The lowest BCUT2D eigenvalue weighted by atomic mass is 9.92. The van der Waals surface area contributed by atoms with Crippen molar-refractivity contribution in [3.63, 3.8) is 0 Å². The van der Waals surface area contributed by atoms with Gasteiger partial charge in [-0.15, -0.1) is 0 Å². The summed E-state index contributed by atoms with van der Waals surface area (Å²) in [5.74, 6) is 1.60. The van der Waals surface area contributed by atoms with Crippen LogP contribution in [0.4, 0.5) is 0 Å². The Morgan fingerprint density at radius 2 is 2.17 bits per heavy atom. The first kappa shape index (κ1) is 9.50. The summed E-state index contributed by atoms with van der Waals surface area (Å²) in [5.41, 5.74) is 2.42. The molecule has 0 N–H and O–H groups in total. The van der Waals surface area contributed by atoms with E-state index in [1.165, 1.54) is 12.0 Å². The Morgan fingerprint density at radius 1 is 1.58 bits per heavy atom. The van der Waals surface area contributed by atoms with E-state index in [4.69, 9.17) is 0 Å². The Morgan fingerprint density at radius 3 is 2.42 bits per heavy atom. The molecule has 0 aromatic rings. The molecule has 0 aromatic carbocycles. The van der Waals surface area contributed by atoms with Crippen LogP contribution < -0.4 is 0 Å². The van der Waals surface area contributed by atoms with Crippen LogP contribution in [0.5, 0.6) is 0 Å². The molecule has 1 aliphatic rings. The fraction of sp³-hybridized carbons (Fsp3) is 0.727. The molecule has 0 bridgehead atoms. The minimum Gasteiger partial charge on any atom is -0.295 e. The van der Waals surface area contributed by atoms with Gasteiger partial charge in [0.25, 0.3) is 0 Å². The van der Waals surface area contributed by atoms with Gasteiger partial charge in [-0.1, -0.05) is 25.8 Å². The maximum Gasteiger partial charge on any atom is 0.155 e. The van der Waals surface area contributed by atoms with Gasteiger partial charge in [0.15, 0.2) is 5.78 Å². The summed E-state index contributed by atoms with van der Waals surface area (Å²) in [6, 6.07) is 0. The number of allylic oxidation sites excluding steroid dienone is 2. The summed E-state index contributed by atoms with van der Waals surface area (Å²) in [4.78, 5) is 11.2. The van der Waals surface area contributed by atoms with E-state index in [-0.39, 0.29) is 5.78 Å². The monoisotopic (exact) mass is 166 g/mol. The topological polar surface area (TPSA) is 17.1 Å². The van der Waals surface area contributed by atoms with Gasteiger partial charge < -0.3 is 0 Å². The van der Waals surface area contributed by atoms with Gasteiger partial charge in [0, 0.05) is 0 Å². The number of hydrogen-bond donors (Lipinski definition) is 0. The predicted octanol–water partition coefficient (Wildman–Crippen LogP) is 2.96. The van der Waals surface area contributed by atoms with Gasteiger partial charge in [-0.3, -0.25) is 4.79 Å². The highest BCUT2D eigenvalue weighted by Gasteiger charge is 2.29. The highest BCUT2D eigenvalue weighted by atomic mass is 16.1. The van der Waals surface area contributed by atoms with Crippen LogP contribution in [0.25, 0.3) is 0 Å². The molecule has 0 saturated heterocycles. The van der Waals surface area contributed by atoms with Crippen molar-refractivity contribution in [2.75, 3.05) is 0 Å². The van der Waals surface area contributed by atoms with Crippen molar-refractivity contribution in [3.05, 3.63) is 11.1 Å². The van der Waals surface area contributed by atoms with Crippen molar-refractivity contribution < 1.29 is 4.79 Å². The molecule has 2 atom stereocenters. The van der Waals surface area contributed by atoms with E-state index < -0.39 is 0 Å². The van der Waals surface area contributed by atoms with Crippen molar-refractivity contribution in [1.82, 2.24) is 0 Å². The van der Waals surface area contributed by atoms with E-state index in [0.717, 1.165) is 12.0 Å². The summed E-state index contributed by atoms with van der Waals surface area (Å²) >= 11 is 0. The van der Waals surface area contributed by atoms with Crippen LogP contribution >= 0.6 is 0 Å². The van der Waals surface area contributed by atoms with Gasteiger partial charge in [-0.2, -0.15) is 0 Å². The van der Waals surface area contributed by atoms with E-state index in [2.05, 4.69) is 20.8 Å². The molecule has 1 heteroatoms. The van der Waals surface area contributed by atoms with Crippen LogP contribution in [0.3, 0.4) is 0 Å². The Labute approximate surface area is 74.9 Å². The summed E-state index contributed by atoms with van der Waals surface area (Å²) in [6.07, 6.45) is 2.20. The fourth-order valence-electron chi connectivity index (χ4n) is 2.15. The van der Waals surface area contributed by atoms with Crippen molar-refractivity contribution in [1.29, 1.82) is 0 Å². The van der Waals surface area contributed by atoms with E-state index >= 15 is 0 Å². The van der Waals surface area contributed by atoms with Gasteiger partial charge in [-0.05, 0) is 37.7 Å². The number of hydrogen-bond acceptors (Lipinski definition) is 1. The molecule has 0 fully saturated rings. The van der Waals surface area contributed by atoms with Gasteiger partial charge in [0.05, 0.1) is 0 Å². The highest BCUT2D eigenvalue weighted by molar-refractivity contribution is 5.94. The second kappa shape index (κ2) is 3.42. The third kappa shape index (κ3) is 1.45. The first-order valence-corrected chi connectivity index (χ1v) is 4.78. The summed E-state index contributed by atoms with van der Waals surface area (Å²) in [5, 5.41) is 0. The Kier molecular flexibility index (Phi) is 2.71. The average Bonchev–Trinajstić information content (AvgIpc) is 2.30. The Hall–Kier alpha value is -0.590. The summed E-state index contributed by atoms with van der Waals surface area (Å²) in [7, 11) is 0. The molecule has 0 saturated carbocycles. The van der Waals surface area contributed by atoms with E-state index in [1.54, 1.807) is 6.92 Å². The van der Waals surface area contributed by atoms with Crippen LogP contribution in [-0.2, 0) is 4.79 Å². The summed E-state index contributed by atoms with van der Waals surface area (Å²) < 4.78 is 0. The van der Waals surface area contributed by atoms with Gasteiger partial charge in [0.2, 0.25) is 0 Å². The maximum atomic E-state index is 11.2. The van der Waals surface area contributed by atoms with Crippen molar-refractivity contribution in [3.8, 4) is 0 Å². The molecule has 0 amide bonds. The zero-order valence-electron chi connectivity index (χ0n) is 8.48. The maximum absolute atomic E-state index is 11.2. The SMILES string of the molecule is CCC1CC(C(C)=O)=C(C)C1C. The molecule has 0 radical (unpaired) electrons. The molecule has 0 heterocycles. The second-order valence-corrected chi connectivity index (χ2v) is 3.88. The van der Waals surface area contributed by atoms with Crippen LogP contribution in [0.2, 0.25) is 0 Å². The lowest BCUT2D eigenvalue weighted by Gasteiger charge is -2.13. The standard InChI is InChI=1S/C11H18O/c1-5-10-6-11(9(4)12)8(3)7(10)2/h7,10H,5-6H2,1-4H3. The first-order chi connectivity index (χ1) is 5.57. The number of carbonyl (C=O) groups is 1. The molecule has 1 rings (SSSR count). The van der Waals surface area contributed by atoms with E-state index in [1.807, 2.05) is 0 Å². The van der Waals surface area contributed by atoms with Crippen LogP contribution in [0.15, 0.2) is 11.1 Å². The normalized spacial score (nSPS) is 29.7. The quantitative estimate of drug-likeness (QED) is 0.616. The number of rotatable bonds is 2. The molecular weight excluding hydrogens is 148 g/mol. The Balaban J connectivity index is 2.83. The second-order valence-electron chi connectivity index (χ2n) is 3.88. The molecule has 0 spiro atoms. The van der Waals surface area contributed by atoms with Crippen molar-refractivity contribution in [2.24, 2.45) is 11.8 Å². The largest absolute Gasteiger partial charge is 0.295 e. The average molecular weight is 166 g/mol. The highest BCUT2D eigenvalue weighted by Crippen LogP contribution is 2.38. The summed E-state index contributed by atoms with van der Waals surface area (Å²) in [6.45, 7) is 8.23. The lowest BCUT2D eigenvalue weighted by molar-refractivity contribution is -0.113. The Bertz CT molecular complexity index is 225. The van der Waals surface area contributed by atoms with Gasteiger partial charge >= 0.3 is 0 Å². The van der Waals surface area contributed by atoms with Gasteiger partial charge in [0.1, 0.15) is 0 Å². The smallest absolute Gasteiger partial charge is 0.155 e. The molecule has 0 aliphatic heterocycles. The van der Waals surface area contributed by atoms with Crippen molar-refractivity contribution in [2.45, 2.75) is 40.5 Å². The fourth-order valence-corrected chi connectivity index (χ4v) is 2.15. The molecule has 1 aliphatic carbocycles. The molecule has 1 nitrogen and oxygen atoms in total. The van der Waals surface area contributed by atoms with E-state index in [0.29, 0.717) is 11.8 Å². The molecule has 12 heavy (non-hydrogen) atoms.